The molecule has 1 nitrogen and oxygen atoms in total. The zero-order valence-electron chi connectivity index (χ0n) is 9.85. The Kier molecular flexibility index (Phi) is 3.37. The van der Waals surface area contributed by atoms with E-state index in [1.165, 1.54) is 10.8 Å². The lowest BCUT2D eigenvalue weighted by molar-refractivity contribution is 0.340. The molecule has 0 amide bonds. The normalized spacial score (nSPS) is 11.5. The Labute approximate surface area is 88.1 Å². The van der Waals surface area contributed by atoms with Gasteiger partial charge in [-0.25, -0.2) is 0 Å². The van der Waals surface area contributed by atoms with Crippen molar-refractivity contribution in [2.45, 2.75) is 33.5 Å². The Balaban J connectivity index is 3.09. The van der Waals surface area contributed by atoms with E-state index in [4.69, 9.17) is 4.74 Å². The van der Waals surface area contributed by atoms with Crippen LogP contribution in [0.4, 0.5) is 0 Å². The number of hydrogen-bond acceptors (Lipinski definition) is 1. The van der Waals surface area contributed by atoms with Crippen molar-refractivity contribution >= 4 is 13.3 Å². The summed E-state index contributed by atoms with van der Waals surface area (Å²) in [6.07, 6.45) is 0. The van der Waals surface area contributed by atoms with Crippen LogP contribution in [0.25, 0.3) is 0 Å². The van der Waals surface area contributed by atoms with E-state index in [0.717, 1.165) is 12.4 Å². The van der Waals surface area contributed by atoms with Crippen molar-refractivity contribution in [3.05, 3.63) is 23.8 Å². The summed E-state index contributed by atoms with van der Waals surface area (Å²) < 4.78 is 5.52. The van der Waals surface area contributed by atoms with Gasteiger partial charge in [-0.15, -0.1) is 0 Å². The molecule has 0 saturated carbocycles. The van der Waals surface area contributed by atoms with E-state index >= 15 is 0 Å². The van der Waals surface area contributed by atoms with Gasteiger partial charge in [-0.3, -0.25) is 0 Å². The summed E-state index contributed by atoms with van der Waals surface area (Å²) in [6.45, 7) is 12.0. The van der Waals surface area contributed by atoms with Gasteiger partial charge in [-0.1, -0.05) is 36.5 Å². The van der Waals surface area contributed by atoms with Crippen LogP contribution in [0.5, 0.6) is 5.75 Å². The summed E-state index contributed by atoms with van der Waals surface area (Å²) in [6, 6.07) is 6.44. The van der Waals surface area contributed by atoms with Gasteiger partial charge in [0, 0.05) is 0 Å². The summed E-state index contributed by atoms with van der Waals surface area (Å²) >= 11 is 0. The summed E-state index contributed by atoms with van der Waals surface area (Å²) in [5, 5.41) is 1.50. The third kappa shape index (κ3) is 2.61. The fourth-order valence-electron chi connectivity index (χ4n) is 1.67. The maximum Gasteiger partial charge on any atom is 0.119 e. The summed E-state index contributed by atoms with van der Waals surface area (Å²) in [7, 11) is -1.22. The van der Waals surface area contributed by atoms with Crippen molar-refractivity contribution in [2.24, 2.45) is 0 Å². The second-order valence-corrected chi connectivity index (χ2v) is 9.70. The molecule has 0 radical (unpaired) electrons. The Morgan fingerprint density at radius 2 is 1.86 bits per heavy atom. The molecular formula is C12H20OSi. The second kappa shape index (κ2) is 4.18. The highest BCUT2D eigenvalue weighted by molar-refractivity contribution is 6.89. The summed E-state index contributed by atoms with van der Waals surface area (Å²) in [5.74, 6) is 1.01. The number of rotatable bonds is 3. The lowest BCUT2D eigenvalue weighted by Crippen LogP contribution is -2.39. The molecule has 1 rings (SSSR count). The molecule has 0 N–H and O–H groups in total. The van der Waals surface area contributed by atoms with Gasteiger partial charge in [0.05, 0.1) is 14.7 Å². The van der Waals surface area contributed by atoms with Gasteiger partial charge in [-0.05, 0) is 26.0 Å². The Hall–Kier alpha value is -0.763. The molecule has 0 aromatic heterocycles. The predicted molar refractivity (Wildman–Crippen MR) is 65.3 cm³/mol. The van der Waals surface area contributed by atoms with Gasteiger partial charge in [0.1, 0.15) is 5.75 Å². The van der Waals surface area contributed by atoms with Crippen LogP contribution in [-0.2, 0) is 0 Å². The quantitative estimate of drug-likeness (QED) is 0.694. The zero-order chi connectivity index (χ0) is 10.8. The summed E-state index contributed by atoms with van der Waals surface area (Å²) in [5.41, 5.74) is 1.40. The molecule has 0 saturated heterocycles. The third-order valence-electron chi connectivity index (χ3n) is 2.33. The van der Waals surface area contributed by atoms with Crippen molar-refractivity contribution in [3.63, 3.8) is 0 Å². The molecule has 2 heteroatoms. The molecule has 1 aromatic carbocycles. The minimum Gasteiger partial charge on any atom is -0.494 e. The Morgan fingerprint density at radius 1 is 1.21 bits per heavy atom. The molecular weight excluding hydrogens is 188 g/mol. The summed E-state index contributed by atoms with van der Waals surface area (Å²) in [4.78, 5) is 0. The first-order valence-corrected chi connectivity index (χ1v) is 8.69. The van der Waals surface area contributed by atoms with Crippen LogP contribution in [0.3, 0.4) is 0 Å². The first kappa shape index (κ1) is 11.3. The van der Waals surface area contributed by atoms with E-state index < -0.39 is 8.07 Å². The lowest BCUT2D eigenvalue weighted by Gasteiger charge is -2.20. The van der Waals surface area contributed by atoms with Gasteiger partial charge in [0.15, 0.2) is 0 Å². The van der Waals surface area contributed by atoms with E-state index in [-0.39, 0.29) is 0 Å². The largest absolute Gasteiger partial charge is 0.494 e. The van der Waals surface area contributed by atoms with Crippen molar-refractivity contribution < 1.29 is 4.74 Å². The average molecular weight is 208 g/mol. The van der Waals surface area contributed by atoms with Crippen LogP contribution in [0, 0.1) is 6.92 Å². The van der Waals surface area contributed by atoms with Crippen molar-refractivity contribution in [1.82, 2.24) is 0 Å². The minimum atomic E-state index is -1.22. The molecule has 0 bridgehead atoms. The van der Waals surface area contributed by atoms with Crippen LogP contribution in [0.15, 0.2) is 18.2 Å². The number of hydrogen-bond donors (Lipinski definition) is 0. The smallest absolute Gasteiger partial charge is 0.119 e. The average Bonchev–Trinajstić information content (AvgIpc) is 2.07. The first-order valence-electron chi connectivity index (χ1n) is 5.19. The molecule has 0 unspecified atom stereocenters. The van der Waals surface area contributed by atoms with E-state index in [1.54, 1.807) is 0 Å². The predicted octanol–water partition coefficient (Wildman–Crippen LogP) is 2.94. The second-order valence-electron chi connectivity index (χ2n) is 4.66. The molecule has 14 heavy (non-hydrogen) atoms. The van der Waals surface area contributed by atoms with Crippen LogP contribution >= 0.6 is 0 Å². The van der Waals surface area contributed by atoms with Crippen molar-refractivity contribution in [1.29, 1.82) is 0 Å². The maximum absolute atomic E-state index is 5.52. The van der Waals surface area contributed by atoms with Crippen molar-refractivity contribution in [2.75, 3.05) is 6.61 Å². The topological polar surface area (TPSA) is 9.23 Å². The number of aryl methyl sites for hydroxylation is 1. The van der Waals surface area contributed by atoms with Crippen LogP contribution in [-0.4, -0.2) is 14.7 Å². The molecule has 0 spiro atoms. The van der Waals surface area contributed by atoms with Crippen molar-refractivity contribution in [3.8, 4) is 5.75 Å². The molecule has 0 heterocycles. The van der Waals surface area contributed by atoms with E-state index in [0.29, 0.717) is 0 Å². The molecule has 0 fully saturated rings. The highest BCUT2D eigenvalue weighted by atomic mass is 28.3. The SMILES string of the molecule is CCOc1ccc(C)c([Si](C)(C)C)c1. The Morgan fingerprint density at radius 3 is 2.36 bits per heavy atom. The number of ether oxygens (including phenoxy) is 1. The van der Waals surface area contributed by atoms with Crippen LogP contribution < -0.4 is 9.92 Å². The van der Waals surface area contributed by atoms with Gasteiger partial charge in [0.2, 0.25) is 0 Å². The first-order chi connectivity index (χ1) is 6.45. The highest BCUT2D eigenvalue weighted by Gasteiger charge is 2.19. The molecule has 0 aliphatic rings. The standard InChI is InChI=1S/C12H20OSi/c1-6-13-11-8-7-10(2)12(9-11)14(3,4)5/h7-9H,6H2,1-5H3. The fraction of sp³-hybridized carbons (Fsp3) is 0.500. The molecule has 0 atom stereocenters. The fourth-order valence-corrected chi connectivity index (χ4v) is 3.51. The number of benzene rings is 1. The maximum atomic E-state index is 5.52. The minimum absolute atomic E-state index is 0.744. The third-order valence-corrected chi connectivity index (χ3v) is 4.48. The van der Waals surface area contributed by atoms with Crippen LogP contribution in [0.2, 0.25) is 19.6 Å². The van der Waals surface area contributed by atoms with E-state index in [2.05, 4.69) is 44.8 Å². The van der Waals surface area contributed by atoms with Gasteiger partial charge < -0.3 is 4.74 Å². The lowest BCUT2D eigenvalue weighted by atomic mass is 10.2. The van der Waals surface area contributed by atoms with Gasteiger partial charge >= 0.3 is 0 Å². The Bertz CT molecular complexity index is 313. The molecule has 78 valence electrons. The molecule has 0 aliphatic heterocycles. The molecule has 0 aliphatic carbocycles. The monoisotopic (exact) mass is 208 g/mol. The zero-order valence-corrected chi connectivity index (χ0v) is 10.8. The van der Waals surface area contributed by atoms with E-state index in [9.17, 15) is 0 Å². The highest BCUT2D eigenvalue weighted by Crippen LogP contribution is 2.14. The van der Waals surface area contributed by atoms with Gasteiger partial charge in [-0.2, -0.15) is 0 Å². The van der Waals surface area contributed by atoms with E-state index in [1.807, 2.05) is 6.92 Å². The van der Waals surface area contributed by atoms with Crippen LogP contribution in [0.1, 0.15) is 12.5 Å². The molecule has 1 aromatic rings. The van der Waals surface area contributed by atoms with Gasteiger partial charge in [0.25, 0.3) is 0 Å².